The van der Waals surface area contributed by atoms with Crippen LogP contribution in [0.3, 0.4) is 0 Å². The molecule has 0 spiro atoms. The predicted molar refractivity (Wildman–Crippen MR) is 104 cm³/mol. The van der Waals surface area contributed by atoms with E-state index in [2.05, 4.69) is 31.8 Å². The second kappa shape index (κ2) is 7.79. The SMILES string of the molecule is O=C(NN=Cc1c(O)ccc2ccccc12)C(=O)Nc1cccc(Br)c1. The summed E-state index contributed by atoms with van der Waals surface area (Å²) in [5.41, 5.74) is 3.09. The van der Waals surface area contributed by atoms with Gasteiger partial charge in [0.1, 0.15) is 5.75 Å². The summed E-state index contributed by atoms with van der Waals surface area (Å²) >= 11 is 3.28. The highest BCUT2D eigenvalue weighted by Crippen LogP contribution is 2.25. The Bertz CT molecular complexity index is 1020. The summed E-state index contributed by atoms with van der Waals surface area (Å²) in [6.45, 7) is 0. The average Bonchev–Trinajstić information content (AvgIpc) is 2.63. The first-order valence-corrected chi connectivity index (χ1v) is 8.44. The minimum Gasteiger partial charge on any atom is -0.507 e. The van der Waals surface area contributed by atoms with Crippen molar-refractivity contribution in [2.45, 2.75) is 0 Å². The number of amides is 2. The summed E-state index contributed by atoms with van der Waals surface area (Å²) in [5.74, 6) is -1.73. The lowest BCUT2D eigenvalue weighted by atomic mass is 10.0. The van der Waals surface area contributed by atoms with Gasteiger partial charge in [-0.1, -0.05) is 52.3 Å². The monoisotopic (exact) mass is 411 g/mol. The van der Waals surface area contributed by atoms with E-state index in [1.807, 2.05) is 24.3 Å². The molecule has 0 fully saturated rings. The van der Waals surface area contributed by atoms with E-state index in [-0.39, 0.29) is 5.75 Å². The fraction of sp³-hybridized carbons (Fsp3) is 0. The van der Waals surface area contributed by atoms with E-state index in [0.29, 0.717) is 11.3 Å². The second-order valence-electron chi connectivity index (χ2n) is 5.38. The first-order chi connectivity index (χ1) is 12.5. The maximum atomic E-state index is 11.9. The third-order valence-electron chi connectivity index (χ3n) is 3.60. The molecule has 3 N–H and O–H groups in total. The molecular weight excluding hydrogens is 398 g/mol. The molecular formula is C19H14BrN3O3. The number of rotatable bonds is 3. The maximum Gasteiger partial charge on any atom is 0.329 e. The van der Waals surface area contributed by atoms with Gasteiger partial charge in [-0.25, -0.2) is 5.43 Å². The normalized spacial score (nSPS) is 10.8. The number of phenolic OH excluding ortho intramolecular Hbond substituents is 1. The van der Waals surface area contributed by atoms with E-state index >= 15 is 0 Å². The molecule has 26 heavy (non-hydrogen) atoms. The third-order valence-corrected chi connectivity index (χ3v) is 4.09. The Hall–Kier alpha value is -3.19. The van der Waals surface area contributed by atoms with Gasteiger partial charge in [-0.15, -0.1) is 0 Å². The van der Waals surface area contributed by atoms with Crippen LogP contribution in [0.5, 0.6) is 5.75 Å². The van der Waals surface area contributed by atoms with Crippen molar-refractivity contribution in [2.75, 3.05) is 5.32 Å². The van der Waals surface area contributed by atoms with Crippen LogP contribution in [0, 0.1) is 0 Å². The van der Waals surface area contributed by atoms with Gasteiger partial charge in [0.25, 0.3) is 0 Å². The Balaban J connectivity index is 1.69. The van der Waals surface area contributed by atoms with E-state index in [9.17, 15) is 14.7 Å². The van der Waals surface area contributed by atoms with Crippen molar-refractivity contribution in [1.82, 2.24) is 5.43 Å². The number of phenols is 1. The summed E-state index contributed by atoms with van der Waals surface area (Å²) < 4.78 is 0.778. The molecule has 0 heterocycles. The van der Waals surface area contributed by atoms with Crippen LogP contribution in [0.25, 0.3) is 10.8 Å². The highest BCUT2D eigenvalue weighted by molar-refractivity contribution is 9.10. The lowest BCUT2D eigenvalue weighted by Gasteiger charge is -2.05. The smallest absolute Gasteiger partial charge is 0.329 e. The Morgan fingerprint density at radius 3 is 2.62 bits per heavy atom. The summed E-state index contributed by atoms with van der Waals surface area (Å²) in [5, 5.41) is 18.0. The van der Waals surface area contributed by atoms with Gasteiger partial charge in [-0.3, -0.25) is 9.59 Å². The summed E-state index contributed by atoms with van der Waals surface area (Å²) in [6, 6.07) is 17.6. The van der Waals surface area contributed by atoms with Crippen LogP contribution in [-0.2, 0) is 9.59 Å². The molecule has 3 aromatic carbocycles. The van der Waals surface area contributed by atoms with Crippen molar-refractivity contribution in [2.24, 2.45) is 5.10 Å². The van der Waals surface area contributed by atoms with Crippen molar-refractivity contribution >= 4 is 50.4 Å². The van der Waals surface area contributed by atoms with E-state index in [4.69, 9.17) is 0 Å². The van der Waals surface area contributed by atoms with Crippen LogP contribution in [0.1, 0.15) is 5.56 Å². The first kappa shape index (κ1) is 17.6. The highest BCUT2D eigenvalue weighted by Gasteiger charge is 2.13. The number of carbonyl (C=O) groups excluding carboxylic acids is 2. The number of carbonyl (C=O) groups is 2. The standard InChI is InChI=1S/C19H14BrN3O3/c20-13-5-3-6-14(10-13)22-18(25)19(26)23-21-11-16-15-7-2-1-4-12(15)8-9-17(16)24/h1-11,24H,(H,22,25)(H,23,26). The zero-order chi connectivity index (χ0) is 18.5. The summed E-state index contributed by atoms with van der Waals surface area (Å²) in [4.78, 5) is 23.7. The van der Waals surface area contributed by atoms with Crippen molar-refractivity contribution in [3.05, 3.63) is 70.7 Å². The largest absolute Gasteiger partial charge is 0.507 e. The minimum absolute atomic E-state index is 0.0280. The molecule has 7 heteroatoms. The van der Waals surface area contributed by atoms with Crippen LogP contribution >= 0.6 is 15.9 Å². The number of nitrogens with one attached hydrogen (secondary N) is 2. The van der Waals surface area contributed by atoms with Crippen molar-refractivity contribution in [3.63, 3.8) is 0 Å². The van der Waals surface area contributed by atoms with E-state index in [0.717, 1.165) is 15.2 Å². The van der Waals surface area contributed by atoms with Crippen molar-refractivity contribution < 1.29 is 14.7 Å². The zero-order valence-electron chi connectivity index (χ0n) is 13.4. The number of nitrogens with zero attached hydrogens (tertiary/aromatic N) is 1. The van der Waals surface area contributed by atoms with Gasteiger partial charge in [0, 0.05) is 15.7 Å². The van der Waals surface area contributed by atoms with E-state index in [1.165, 1.54) is 6.21 Å². The predicted octanol–water partition coefficient (Wildman–Crippen LogP) is 3.40. The molecule has 0 bridgehead atoms. The lowest BCUT2D eigenvalue weighted by Crippen LogP contribution is -2.32. The molecule has 3 aromatic rings. The number of fused-ring (bicyclic) bond motifs is 1. The summed E-state index contributed by atoms with van der Waals surface area (Å²) in [7, 11) is 0. The fourth-order valence-corrected chi connectivity index (χ4v) is 2.78. The van der Waals surface area contributed by atoms with Crippen LogP contribution in [0.4, 0.5) is 5.69 Å². The van der Waals surface area contributed by atoms with Gasteiger partial charge in [0.05, 0.1) is 6.21 Å². The van der Waals surface area contributed by atoms with Crippen molar-refractivity contribution in [3.8, 4) is 5.75 Å². The first-order valence-electron chi connectivity index (χ1n) is 7.65. The van der Waals surface area contributed by atoms with Gasteiger partial charge >= 0.3 is 11.8 Å². The number of hydrogen-bond acceptors (Lipinski definition) is 4. The van der Waals surface area contributed by atoms with Crippen LogP contribution in [0.15, 0.2) is 70.2 Å². The molecule has 0 saturated heterocycles. The second-order valence-corrected chi connectivity index (χ2v) is 6.30. The minimum atomic E-state index is -0.916. The van der Waals surface area contributed by atoms with Gasteiger partial charge in [0.2, 0.25) is 0 Å². The molecule has 3 rings (SSSR count). The third kappa shape index (κ3) is 4.07. The van der Waals surface area contributed by atoms with Crippen molar-refractivity contribution in [1.29, 1.82) is 0 Å². The maximum absolute atomic E-state index is 11.9. The summed E-state index contributed by atoms with van der Waals surface area (Å²) in [6.07, 6.45) is 1.31. The Morgan fingerprint density at radius 1 is 1.00 bits per heavy atom. The van der Waals surface area contributed by atoms with Crippen LogP contribution in [-0.4, -0.2) is 23.1 Å². The van der Waals surface area contributed by atoms with E-state index < -0.39 is 11.8 Å². The number of hydrogen-bond donors (Lipinski definition) is 3. The molecule has 0 aromatic heterocycles. The van der Waals surface area contributed by atoms with Crippen LogP contribution < -0.4 is 10.7 Å². The quantitative estimate of drug-likeness (QED) is 0.350. The highest BCUT2D eigenvalue weighted by atomic mass is 79.9. The molecule has 0 unspecified atom stereocenters. The molecule has 6 nitrogen and oxygen atoms in total. The molecule has 0 aliphatic rings. The molecule has 0 aliphatic carbocycles. The zero-order valence-corrected chi connectivity index (χ0v) is 15.0. The topological polar surface area (TPSA) is 90.8 Å². The van der Waals surface area contributed by atoms with Gasteiger partial charge in [-0.2, -0.15) is 5.10 Å². The Labute approximate surface area is 157 Å². The molecule has 130 valence electrons. The Morgan fingerprint density at radius 2 is 1.81 bits per heavy atom. The Kier molecular flexibility index (Phi) is 5.28. The van der Waals surface area contributed by atoms with Gasteiger partial charge < -0.3 is 10.4 Å². The fourth-order valence-electron chi connectivity index (χ4n) is 2.38. The van der Waals surface area contributed by atoms with Gasteiger partial charge in [-0.05, 0) is 35.0 Å². The molecule has 0 aliphatic heterocycles. The van der Waals surface area contributed by atoms with E-state index in [1.54, 1.807) is 36.4 Å². The average molecular weight is 412 g/mol. The van der Waals surface area contributed by atoms with Crippen LogP contribution in [0.2, 0.25) is 0 Å². The number of anilines is 1. The van der Waals surface area contributed by atoms with Gasteiger partial charge in [0.15, 0.2) is 0 Å². The lowest BCUT2D eigenvalue weighted by molar-refractivity contribution is -0.136. The molecule has 0 saturated carbocycles. The number of halogens is 1. The molecule has 0 radical (unpaired) electrons. The molecule has 0 atom stereocenters. The number of benzene rings is 3. The molecule has 2 amide bonds. The number of hydrazone groups is 1. The number of aromatic hydroxyl groups is 1.